The third-order valence-corrected chi connectivity index (χ3v) is 2.38. The molecule has 0 unspecified atom stereocenters. The van der Waals surface area contributed by atoms with Gasteiger partial charge in [-0.1, -0.05) is 18.5 Å². The van der Waals surface area contributed by atoms with Gasteiger partial charge in [-0.25, -0.2) is 4.98 Å². The first-order chi connectivity index (χ1) is 6.76. The van der Waals surface area contributed by atoms with E-state index < -0.39 is 0 Å². The van der Waals surface area contributed by atoms with E-state index in [1.165, 1.54) is 0 Å². The molecule has 0 spiro atoms. The topological polar surface area (TPSA) is 34.4 Å². The summed E-state index contributed by atoms with van der Waals surface area (Å²) in [7, 11) is 0. The average Bonchev–Trinajstić information content (AvgIpc) is 2.54. The molecule has 2 aromatic heterocycles. The number of fused-ring (bicyclic) bond motifs is 1. The molecule has 3 nitrogen and oxygen atoms in total. The highest BCUT2D eigenvalue weighted by Crippen LogP contribution is 2.15. The van der Waals surface area contributed by atoms with Crippen LogP contribution in [-0.2, 0) is 6.42 Å². The van der Waals surface area contributed by atoms with Crippen molar-refractivity contribution >= 4 is 23.5 Å². The lowest BCUT2D eigenvalue weighted by atomic mass is 10.3. The van der Waals surface area contributed by atoms with Crippen LogP contribution in [0.3, 0.4) is 0 Å². The Bertz CT molecular complexity index is 490. The molecule has 72 valence electrons. The van der Waals surface area contributed by atoms with Gasteiger partial charge in [0, 0.05) is 17.3 Å². The van der Waals surface area contributed by atoms with Crippen molar-refractivity contribution in [1.82, 2.24) is 9.38 Å². The maximum atomic E-state index is 10.9. The van der Waals surface area contributed by atoms with E-state index in [0.29, 0.717) is 10.7 Å². The van der Waals surface area contributed by atoms with Gasteiger partial charge in [0.25, 0.3) is 0 Å². The monoisotopic (exact) mass is 208 g/mol. The van der Waals surface area contributed by atoms with Crippen molar-refractivity contribution in [3.63, 3.8) is 0 Å². The summed E-state index contributed by atoms with van der Waals surface area (Å²) in [5.41, 5.74) is 2.14. The van der Waals surface area contributed by atoms with Crippen LogP contribution in [0.5, 0.6) is 0 Å². The minimum atomic E-state index is 0.610. The molecule has 0 atom stereocenters. The summed E-state index contributed by atoms with van der Waals surface area (Å²) in [6, 6.07) is 3.48. The van der Waals surface area contributed by atoms with Crippen molar-refractivity contribution in [2.75, 3.05) is 0 Å². The van der Waals surface area contributed by atoms with E-state index in [9.17, 15) is 4.79 Å². The van der Waals surface area contributed by atoms with Crippen molar-refractivity contribution in [2.45, 2.75) is 13.3 Å². The molecule has 0 N–H and O–H groups in total. The van der Waals surface area contributed by atoms with Crippen LogP contribution >= 0.6 is 11.6 Å². The molecule has 0 saturated heterocycles. The Hall–Kier alpha value is -1.35. The Morgan fingerprint density at radius 3 is 3.07 bits per heavy atom. The molecule has 0 radical (unpaired) electrons. The van der Waals surface area contributed by atoms with Crippen molar-refractivity contribution < 1.29 is 4.79 Å². The molecule has 0 bridgehead atoms. The predicted octanol–water partition coefficient (Wildman–Crippen LogP) is 2.36. The second-order valence-corrected chi connectivity index (χ2v) is 3.42. The molecule has 2 rings (SSSR count). The molecule has 14 heavy (non-hydrogen) atoms. The first-order valence-corrected chi connectivity index (χ1v) is 4.75. The number of aldehydes is 1. The molecule has 0 aliphatic carbocycles. The van der Waals surface area contributed by atoms with E-state index in [4.69, 9.17) is 11.6 Å². The lowest BCUT2D eigenvalue weighted by Crippen LogP contribution is -1.93. The molecular formula is C10H9ClN2O. The number of carbonyl (C=O) groups excluding carboxylic acids is 1. The van der Waals surface area contributed by atoms with E-state index in [2.05, 4.69) is 4.98 Å². The number of hydrogen-bond acceptors (Lipinski definition) is 2. The summed E-state index contributed by atoms with van der Waals surface area (Å²) in [5.74, 6) is 0. The number of pyridine rings is 1. The van der Waals surface area contributed by atoms with Crippen LogP contribution in [0.4, 0.5) is 0 Å². The van der Waals surface area contributed by atoms with E-state index in [0.717, 1.165) is 24.0 Å². The molecule has 2 heterocycles. The van der Waals surface area contributed by atoms with Crippen molar-refractivity contribution in [3.8, 4) is 0 Å². The van der Waals surface area contributed by atoms with Gasteiger partial charge in [-0.2, -0.15) is 0 Å². The van der Waals surface area contributed by atoms with Gasteiger partial charge in [0.05, 0.1) is 5.69 Å². The standard InChI is InChI=1S/C10H9ClN2O/c1-2-8-9(6-14)13-4-3-7(11)5-10(13)12-8/h3-6H,2H2,1H3. The molecule has 0 aromatic carbocycles. The van der Waals surface area contributed by atoms with Crippen LogP contribution in [-0.4, -0.2) is 15.7 Å². The highest BCUT2D eigenvalue weighted by molar-refractivity contribution is 6.30. The Balaban J connectivity index is 2.79. The highest BCUT2D eigenvalue weighted by atomic mass is 35.5. The molecule has 4 heteroatoms. The lowest BCUT2D eigenvalue weighted by molar-refractivity contribution is 0.111. The van der Waals surface area contributed by atoms with Gasteiger partial charge in [-0.15, -0.1) is 0 Å². The van der Waals surface area contributed by atoms with Gasteiger partial charge in [0.1, 0.15) is 11.3 Å². The predicted molar refractivity (Wildman–Crippen MR) is 55.0 cm³/mol. The third kappa shape index (κ3) is 1.30. The Kier molecular flexibility index (Phi) is 2.25. The zero-order valence-corrected chi connectivity index (χ0v) is 8.45. The number of rotatable bonds is 2. The molecule has 2 aromatic rings. The second-order valence-electron chi connectivity index (χ2n) is 2.99. The van der Waals surface area contributed by atoms with Crippen LogP contribution in [0.25, 0.3) is 5.65 Å². The number of aryl methyl sites for hydroxylation is 1. The maximum absolute atomic E-state index is 10.9. The third-order valence-electron chi connectivity index (χ3n) is 2.15. The van der Waals surface area contributed by atoms with Crippen LogP contribution in [0, 0.1) is 0 Å². The number of halogens is 1. The quantitative estimate of drug-likeness (QED) is 0.711. The summed E-state index contributed by atoms with van der Waals surface area (Å²) in [6.07, 6.45) is 3.33. The van der Waals surface area contributed by atoms with Crippen molar-refractivity contribution in [1.29, 1.82) is 0 Å². The van der Waals surface area contributed by atoms with Crippen LogP contribution in [0.1, 0.15) is 23.1 Å². The van der Waals surface area contributed by atoms with Crippen LogP contribution in [0.15, 0.2) is 18.3 Å². The normalized spacial score (nSPS) is 10.7. The summed E-state index contributed by atoms with van der Waals surface area (Å²) in [4.78, 5) is 15.2. The number of imidazole rings is 1. The van der Waals surface area contributed by atoms with Gasteiger partial charge >= 0.3 is 0 Å². The highest BCUT2D eigenvalue weighted by Gasteiger charge is 2.09. The molecule has 0 aliphatic rings. The number of aromatic nitrogens is 2. The number of nitrogens with zero attached hydrogens (tertiary/aromatic N) is 2. The van der Waals surface area contributed by atoms with Gasteiger partial charge in [0.2, 0.25) is 0 Å². The second kappa shape index (κ2) is 3.42. The van der Waals surface area contributed by atoms with Gasteiger partial charge in [-0.3, -0.25) is 9.20 Å². The minimum Gasteiger partial charge on any atom is -0.297 e. The fourth-order valence-corrected chi connectivity index (χ4v) is 1.63. The minimum absolute atomic E-state index is 0.610. The average molecular weight is 209 g/mol. The Morgan fingerprint density at radius 1 is 1.64 bits per heavy atom. The Labute approximate surface area is 86.3 Å². The molecule has 0 aliphatic heterocycles. The summed E-state index contributed by atoms with van der Waals surface area (Å²) < 4.78 is 1.75. The SMILES string of the molecule is CCc1nc2cc(Cl)ccn2c1C=O. The lowest BCUT2D eigenvalue weighted by Gasteiger charge is -1.95. The van der Waals surface area contributed by atoms with E-state index in [1.807, 2.05) is 6.92 Å². The zero-order chi connectivity index (χ0) is 10.1. The fourth-order valence-electron chi connectivity index (χ4n) is 1.47. The van der Waals surface area contributed by atoms with E-state index in [-0.39, 0.29) is 0 Å². The van der Waals surface area contributed by atoms with Crippen molar-refractivity contribution in [3.05, 3.63) is 34.7 Å². The van der Waals surface area contributed by atoms with Gasteiger partial charge in [0.15, 0.2) is 6.29 Å². The maximum Gasteiger partial charge on any atom is 0.168 e. The molecular weight excluding hydrogens is 200 g/mol. The first-order valence-electron chi connectivity index (χ1n) is 4.38. The molecule has 0 amide bonds. The fraction of sp³-hybridized carbons (Fsp3) is 0.200. The van der Waals surface area contributed by atoms with Gasteiger partial charge in [-0.05, 0) is 12.5 Å². The summed E-state index contributed by atoms with van der Waals surface area (Å²) >= 11 is 5.82. The van der Waals surface area contributed by atoms with Crippen LogP contribution < -0.4 is 0 Å². The largest absolute Gasteiger partial charge is 0.297 e. The number of carbonyl (C=O) groups is 1. The van der Waals surface area contributed by atoms with Crippen LogP contribution in [0.2, 0.25) is 5.02 Å². The van der Waals surface area contributed by atoms with E-state index >= 15 is 0 Å². The molecule has 0 saturated carbocycles. The summed E-state index contributed by atoms with van der Waals surface area (Å²) in [5, 5.41) is 0.627. The Morgan fingerprint density at radius 2 is 2.43 bits per heavy atom. The van der Waals surface area contributed by atoms with E-state index in [1.54, 1.807) is 22.7 Å². The first kappa shape index (κ1) is 9.21. The summed E-state index contributed by atoms with van der Waals surface area (Å²) in [6.45, 7) is 1.97. The zero-order valence-electron chi connectivity index (χ0n) is 7.70. The van der Waals surface area contributed by atoms with Crippen molar-refractivity contribution in [2.24, 2.45) is 0 Å². The molecule has 0 fully saturated rings. The number of hydrogen-bond donors (Lipinski definition) is 0. The van der Waals surface area contributed by atoms with Gasteiger partial charge < -0.3 is 0 Å². The smallest absolute Gasteiger partial charge is 0.168 e.